The first-order valence-corrected chi connectivity index (χ1v) is 8.33. The minimum Gasteiger partial charge on any atom is -0.466 e. The molecule has 0 fully saturated rings. The molecule has 10 heteroatoms. The Balaban J connectivity index is 5.10. The van der Waals surface area contributed by atoms with Gasteiger partial charge < -0.3 is 25.3 Å². The second-order valence-corrected chi connectivity index (χ2v) is 5.12. The number of hydrogen-bond acceptors (Lipinski definition) is 8. The highest BCUT2D eigenvalue weighted by Gasteiger charge is 2.37. The Morgan fingerprint density at radius 2 is 1.38 bits per heavy atom. The van der Waals surface area contributed by atoms with Crippen LogP contribution in [0.15, 0.2) is 0 Å². The van der Waals surface area contributed by atoms with E-state index in [1.165, 1.54) is 0 Å². The maximum Gasteiger partial charge on any atom is 0.312 e. The van der Waals surface area contributed by atoms with E-state index in [9.17, 15) is 24.0 Å². The van der Waals surface area contributed by atoms with Crippen molar-refractivity contribution in [1.29, 1.82) is 0 Å². The van der Waals surface area contributed by atoms with Gasteiger partial charge in [0.25, 0.3) is 0 Å². The van der Waals surface area contributed by atoms with Crippen LogP contribution in [0, 0.1) is 5.92 Å². The quantitative estimate of drug-likeness (QED) is 0.340. The van der Waals surface area contributed by atoms with E-state index >= 15 is 0 Å². The average molecular weight is 374 g/mol. The molecule has 0 aliphatic carbocycles. The molecule has 26 heavy (non-hydrogen) atoms. The van der Waals surface area contributed by atoms with Crippen LogP contribution in [-0.2, 0) is 38.2 Å². The average Bonchev–Trinajstić information content (AvgIpc) is 2.56. The van der Waals surface area contributed by atoms with Crippen LogP contribution in [0.3, 0.4) is 0 Å². The fraction of sp³-hybridized carbons (Fsp3) is 0.688. The lowest BCUT2D eigenvalue weighted by molar-refractivity contribution is -0.157. The summed E-state index contributed by atoms with van der Waals surface area (Å²) in [6, 6.07) is -1.48. The Labute approximate surface area is 151 Å². The number of primary amides is 1. The zero-order valence-electron chi connectivity index (χ0n) is 15.2. The lowest BCUT2D eigenvalue weighted by atomic mass is 9.95. The zero-order valence-corrected chi connectivity index (χ0v) is 15.2. The van der Waals surface area contributed by atoms with Gasteiger partial charge in [0.05, 0.1) is 38.6 Å². The lowest BCUT2D eigenvalue weighted by Gasteiger charge is -2.23. The van der Waals surface area contributed by atoms with Gasteiger partial charge in [-0.05, 0) is 20.8 Å². The summed E-state index contributed by atoms with van der Waals surface area (Å²) >= 11 is 0. The van der Waals surface area contributed by atoms with Crippen LogP contribution in [0.25, 0.3) is 0 Å². The number of ether oxygens (including phenoxy) is 3. The van der Waals surface area contributed by atoms with Gasteiger partial charge in [0.15, 0.2) is 0 Å². The Hall–Kier alpha value is -2.65. The highest BCUT2D eigenvalue weighted by molar-refractivity contribution is 5.93. The molecule has 0 aromatic rings. The monoisotopic (exact) mass is 374 g/mol. The van der Waals surface area contributed by atoms with E-state index in [0.29, 0.717) is 0 Å². The van der Waals surface area contributed by atoms with Gasteiger partial charge in [-0.2, -0.15) is 0 Å². The van der Waals surface area contributed by atoms with Crippen LogP contribution in [0.2, 0.25) is 0 Å². The summed E-state index contributed by atoms with van der Waals surface area (Å²) in [4.78, 5) is 58.8. The van der Waals surface area contributed by atoms with Crippen molar-refractivity contribution in [2.75, 3.05) is 19.8 Å². The van der Waals surface area contributed by atoms with Crippen molar-refractivity contribution in [3.05, 3.63) is 0 Å². The molecule has 0 saturated carbocycles. The maximum atomic E-state index is 12.1. The lowest BCUT2D eigenvalue weighted by Crippen LogP contribution is -2.52. The molecule has 0 aromatic heterocycles. The van der Waals surface area contributed by atoms with E-state index in [-0.39, 0.29) is 32.7 Å². The molecule has 0 aliphatic rings. The van der Waals surface area contributed by atoms with Crippen LogP contribution < -0.4 is 11.1 Å². The molecule has 2 atom stereocenters. The number of esters is 3. The summed E-state index contributed by atoms with van der Waals surface area (Å²) in [5.41, 5.74) is 5.27. The number of rotatable bonds is 12. The second kappa shape index (κ2) is 12.7. The molecule has 0 rings (SSSR count). The smallest absolute Gasteiger partial charge is 0.312 e. The third-order valence-corrected chi connectivity index (χ3v) is 3.17. The summed E-state index contributed by atoms with van der Waals surface area (Å²) in [5.74, 6) is -5.23. The van der Waals surface area contributed by atoms with Gasteiger partial charge in [-0.3, -0.25) is 24.0 Å². The molecule has 10 nitrogen and oxygen atoms in total. The molecule has 0 saturated heterocycles. The van der Waals surface area contributed by atoms with Gasteiger partial charge >= 0.3 is 17.9 Å². The van der Waals surface area contributed by atoms with Crippen molar-refractivity contribution in [3.63, 3.8) is 0 Å². The first-order chi connectivity index (χ1) is 12.3. The molecule has 2 amide bonds. The topological polar surface area (TPSA) is 151 Å². The molecule has 148 valence electrons. The van der Waals surface area contributed by atoms with Crippen LogP contribution >= 0.6 is 0 Å². The number of carbonyl (C=O) groups is 5. The van der Waals surface area contributed by atoms with E-state index < -0.39 is 48.1 Å². The van der Waals surface area contributed by atoms with E-state index in [1.54, 1.807) is 20.8 Å². The SMILES string of the molecule is CCOC(=O)CCC(=O)N[C@@H](C(N)=O)[C@@H](CC(=O)OCC)C(=O)OCC. The molecule has 0 aliphatic heterocycles. The van der Waals surface area contributed by atoms with Gasteiger partial charge in [-0.25, -0.2) is 0 Å². The van der Waals surface area contributed by atoms with Crippen molar-refractivity contribution in [2.45, 2.75) is 46.1 Å². The molecule has 0 heterocycles. The van der Waals surface area contributed by atoms with Crippen LogP contribution in [-0.4, -0.2) is 55.6 Å². The summed E-state index contributed by atoms with van der Waals surface area (Å²) in [5, 5.41) is 2.27. The fourth-order valence-electron chi connectivity index (χ4n) is 2.05. The van der Waals surface area contributed by atoms with Crippen molar-refractivity contribution < 1.29 is 38.2 Å². The van der Waals surface area contributed by atoms with E-state index in [0.717, 1.165) is 0 Å². The third-order valence-electron chi connectivity index (χ3n) is 3.17. The molecule has 0 spiro atoms. The van der Waals surface area contributed by atoms with E-state index in [1.807, 2.05) is 0 Å². The van der Waals surface area contributed by atoms with Crippen molar-refractivity contribution >= 4 is 29.7 Å². The molecular weight excluding hydrogens is 348 g/mol. The summed E-state index contributed by atoms with van der Waals surface area (Å²) in [6.07, 6.45) is -0.955. The highest BCUT2D eigenvalue weighted by Crippen LogP contribution is 2.14. The Kier molecular flexibility index (Phi) is 11.4. The number of hydrogen-bond donors (Lipinski definition) is 2. The van der Waals surface area contributed by atoms with Gasteiger partial charge in [0.1, 0.15) is 6.04 Å². The van der Waals surface area contributed by atoms with Crippen LogP contribution in [0.1, 0.15) is 40.0 Å². The largest absolute Gasteiger partial charge is 0.466 e. The minimum atomic E-state index is -1.48. The Morgan fingerprint density at radius 1 is 0.846 bits per heavy atom. The van der Waals surface area contributed by atoms with Crippen molar-refractivity contribution in [3.8, 4) is 0 Å². The first kappa shape index (κ1) is 23.4. The summed E-state index contributed by atoms with van der Waals surface area (Å²) in [7, 11) is 0. The third kappa shape index (κ3) is 9.00. The number of nitrogens with one attached hydrogen (secondary N) is 1. The van der Waals surface area contributed by atoms with Gasteiger partial charge in [-0.1, -0.05) is 0 Å². The number of carbonyl (C=O) groups excluding carboxylic acids is 5. The van der Waals surface area contributed by atoms with Crippen LogP contribution in [0.4, 0.5) is 0 Å². The maximum absolute atomic E-state index is 12.1. The van der Waals surface area contributed by atoms with Crippen LogP contribution in [0.5, 0.6) is 0 Å². The predicted molar refractivity (Wildman–Crippen MR) is 88.4 cm³/mol. The standard InChI is InChI=1S/C16H26N2O8/c1-4-24-12(20)8-7-11(19)18-14(15(17)22)10(16(23)26-6-3)9-13(21)25-5-2/h10,14H,4-9H2,1-3H3,(H2,17,22)(H,18,19)/t10-,14-/m1/s1. The van der Waals surface area contributed by atoms with Gasteiger partial charge in [0.2, 0.25) is 11.8 Å². The zero-order chi connectivity index (χ0) is 20.1. The Morgan fingerprint density at radius 3 is 1.88 bits per heavy atom. The molecular formula is C16H26N2O8. The molecule has 0 radical (unpaired) electrons. The molecule has 0 bridgehead atoms. The normalized spacial score (nSPS) is 12.4. The summed E-state index contributed by atoms with van der Waals surface area (Å²) < 4.78 is 14.3. The van der Waals surface area contributed by atoms with E-state index in [4.69, 9.17) is 19.9 Å². The van der Waals surface area contributed by atoms with Gasteiger partial charge in [-0.15, -0.1) is 0 Å². The minimum absolute atomic E-state index is 0.0143. The second-order valence-electron chi connectivity index (χ2n) is 5.12. The predicted octanol–water partition coefficient (Wildman–Crippen LogP) is -0.568. The number of amides is 2. The molecule has 3 N–H and O–H groups in total. The van der Waals surface area contributed by atoms with Crippen molar-refractivity contribution in [2.24, 2.45) is 11.7 Å². The molecule has 0 unspecified atom stereocenters. The molecule has 0 aromatic carbocycles. The van der Waals surface area contributed by atoms with E-state index in [2.05, 4.69) is 5.32 Å². The number of nitrogens with two attached hydrogens (primary N) is 1. The van der Waals surface area contributed by atoms with Crippen molar-refractivity contribution in [1.82, 2.24) is 5.32 Å². The van der Waals surface area contributed by atoms with Gasteiger partial charge in [0, 0.05) is 6.42 Å². The Bertz CT molecular complexity index is 520. The summed E-state index contributed by atoms with van der Waals surface area (Å²) in [6.45, 7) is 5.04. The highest BCUT2D eigenvalue weighted by atomic mass is 16.5. The fourth-order valence-corrected chi connectivity index (χ4v) is 2.05. The first-order valence-electron chi connectivity index (χ1n) is 8.33.